The molecule has 3 rings (SSSR count). The zero-order chi connectivity index (χ0) is 14.4. The summed E-state index contributed by atoms with van der Waals surface area (Å²) in [4.78, 5) is 16.8. The number of carbonyl (C=O) groups excluding carboxylic acids is 1. The zero-order valence-electron chi connectivity index (χ0n) is 11.6. The molecule has 2 aromatic rings. The Morgan fingerprint density at radius 1 is 1.45 bits per heavy atom. The molecule has 0 radical (unpaired) electrons. The van der Waals surface area contributed by atoms with Crippen molar-refractivity contribution in [2.24, 2.45) is 5.73 Å². The van der Waals surface area contributed by atoms with E-state index in [1.54, 1.807) is 11.8 Å². The van der Waals surface area contributed by atoms with Gasteiger partial charge in [0, 0.05) is 17.7 Å². The molecular formula is C14H16N2O2S2. The maximum absolute atomic E-state index is 11.7. The van der Waals surface area contributed by atoms with Gasteiger partial charge in [0.25, 0.3) is 5.91 Å². The van der Waals surface area contributed by atoms with Crippen LogP contribution < -0.4 is 5.73 Å². The van der Waals surface area contributed by atoms with E-state index < -0.39 is 0 Å². The molecule has 0 atom stereocenters. The molecule has 1 amide bonds. The third-order valence-corrected chi connectivity index (χ3v) is 5.65. The number of amides is 1. The number of thioether (sulfide) groups is 1. The molecule has 6 heteroatoms. The first kappa shape index (κ1) is 13.7. The quantitative estimate of drug-likeness (QED) is 0.882. The second-order valence-corrected chi connectivity index (χ2v) is 7.98. The van der Waals surface area contributed by atoms with Crippen molar-refractivity contribution in [1.82, 2.24) is 4.98 Å². The molecule has 2 heterocycles. The highest BCUT2D eigenvalue weighted by molar-refractivity contribution is 8.01. The summed E-state index contributed by atoms with van der Waals surface area (Å²) in [6.45, 7) is 6.13. The van der Waals surface area contributed by atoms with Crippen LogP contribution in [-0.4, -0.2) is 16.1 Å². The van der Waals surface area contributed by atoms with Gasteiger partial charge in [-0.25, -0.2) is 4.98 Å². The summed E-state index contributed by atoms with van der Waals surface area (Å²) in [5.41, 5.74) is 8.60. The highest BCUT2D eigenvalue weighted by Gasteiger charge is 2.31. The second kappa shape index (κ2) is 4.93. The van der Waals surface area contributed by atoms with E-state index >= 15 is 0 Å². The van der Waals surface area contributed by atoms with Crippen molar-refractivity contribution in [1.29, 1.82) is 0 Å². The maximum Gasteiger partial charge on any atom is 0.259 e. The van der Waals surface area contributed by atoms with Gasteiger partial charge in [-0.3, -0.25) is 4.79 Å². The number of oxazole rings is 1. The predicted molar refractivity (Wildman–Crippen MR) is 81.5 cm³/mol. The summed E-state index contributed by atoms with van der Waals surface area (Å²) in [5.74, 6) is 1.16. The first-order valence-electron chi connectivity index (χ1n) is 6.56. The number of primary amides is 1. The van der Waals surface area contributed by atoms with Gasteiger partial charge in [-0.1, -0.05) is 13.8 Å². The molecule has 106 valence electrons. The van der Waals surface area contributed by atoms with Crippen molar-refractivity contribution < 1.29 is 9.21 Å². The molecule has 0 aromatic carbocycles. The van der Waals surface area contributed by atoms with Gasteiger partial charge in [0.05, 0.1) is 14.8 Å². The van der Waals surface area contributed by atoms with Crippen LogP contribution in [-0.2, 0) is 12.8 Å². The number of hydrogen-bond donors (Lipinski definition) is 1. The molecule has 0 unspecified atom stereocenters. The number of nitrogens with zero attached hydrogens (tertiary/aromatic N) is 1. The lowest BCUT2D eigenvalue weighted by atomic mass is 9.95. The van der Waals surface area contributed by atoms with Gasteiger partial charge in [0.2, 0.25) is 0 Å². The van der Waals surface area contributed by atoms with E-state index in [9.17, 15) is 4.79 Å². The van der Waals surface area contributed by atoms with E-state index in [1.807, 2.05) is 6.92 Å². The van der Waals surface area contributed by atoms with E-state index in [2.05, 4.69) is 18.8 Å². The Bertz CT molecular complexity index is 686. The molecule has 0 spiro atoms. The highest BCUT2D eigenvalue weighted by Crippen LogP contribution is 2.47. The third kappa shape index (κ3) is 2.16. The first-order valence-corrected chi connectivity index (χ1v) is 8.25. The molecule has 2 N–H and O–H groups in total. The van der Waals surface area contributed by atoms with Gasteiger partial charge in [-0.15, -0.1) is 23.1 Å². The Morgan fingerprint density at radius 3 is 2.85 bits per heavy atom. The van der Waals surface area contributed by atoms with E-state index in [4.69, 9.17) is 10.2 Å². The summed E-state index contributed by atoms with van der Waals surface area (Å²) >= 11 is 3.23. The molecule has 1 aliphatic rings. The minimum absolute atomic E-state index is 0.346. The zero-order valence-corrected chi connectivity index (χ0v) is 13.3. The topological polar surface area (TPSA) is 69.1 Å². The molecule has 0 saturated heterocycles. The molecule has 0 bridgehead atoms. The smallest absolute Gasteiger partial charge is 0.259 e. The van der Waals surface area contributed by atoms with Crippen molar-refractivity contribution in [3.63, 3.8) is 0 Å². The van der Waals surface area contributed by atoms with Crippen LogP contribution in [0.5, 0.6) is 0 Å². The fourth-order valence-electron chi connectivity index (χ4n) is 2.48. The monoisotopic (exact) mass is 308 g/mol. The van der Waals surface area contributed by atoms with Gasteiger partial charge in [-0.2, -0.15) is 0 Å². The normalized spacial score (nSPS) is 13.4. The molecule has 1 aliphatic carbocycles. The molecule has 2 aromatic heterocycles. The van der Waals surface area contributed by atoms with Crippen molar-refractivity contribution in [2.45, 2.75) is 43.1 Å². The van der Waals surface area contributed by atoms with Crippen molar-refractivity contribution in [2.75, 3.05) is 0 Å². The van der Waals surface area contributed by atoms with Gasteiger partial charge < -0.3 is 10.2 Å². The number of thiophene rings is 1. The fourth-order valence-corrected chi connectivity index (χ4v) is 5.20. The van der Waals surface area contributed by atoms with Gasteiger partial charge >= 0.3 is 0 Å². The molecule has 0 aliphatic heterocycles. The average Bonchev–Trinajstić information content (AvgIpc) is 2.88. The summed E-state index contributed by atoms with van der Waals surface area (Å²) in [5, 5.41) is 0.438. The molecule has 20 heavy (non-hydrogen) atoms. The van der Waals surface area contributed by atoms with E-state index in [0.717, 1.165) is 39.6 Å². The number of carbonyl (C=O) groups is 1. The predicted octanol–water partition coefficient (Wildman–Crippen LogP) is 3.41. The number of nitrogens with two attached hydrogens (primary N) is 1. The molecule has 4 nitrogen and oxygen atoms in total. The highest BCUT2D eigenvalue weighted by atomic mass is 32.2. The van der Waals surface area contributed by atoms with Gasteiger partial charge in [0.15, 0.2) is 11.7 Å². The van der Waals surface area contributed by atoms with Crippen molar-refractivity contribution in [3.8, 4) is 11.3 Å². The van der Waals surface area contributed by atoms with Crippen molar-refractivity contribution in [3.05, 3.63) is 22.0 Å². The Labute approximate surface area is 125 Å². The number of fused-ring (bicyclic) bond motifs is 3. The summed E-state index contributed by atoms with van der Waals surface area (Å²) in [6.07, 6.45) is 1.62. The number of aryl methyl sites for hydroxylation is 2. The van der Waals surface area contributed by atoms with E-state index in [0.29, 0.717) is 16.0 Å². The molecule has 0 fully saturated rings. The third-order valence-electron chi connectivity index (χ3n) is 3.18. The summed E-state index contributed by atoms with van der Waals surface area (Å²) < 4.78 is 6.89. The lowest BCUT2D eigenvalue weighted by molar-refractivity contribution is 0.100. The fraction of sp³-hybridized carbons (Fsp3) is 0.429. The molecule has 0 saturated carbocycles. The average molecular weight is 308 g/mol. The molecular weight excluding hydrogens is 292 g/mol. The van der Waals surface area contributed by atoms with Crippen LogP contribution in [0.15, 0.2) is 8.63 Å². The lowest BCUT2D eigenvalue weighted by Crippen LogP contribution is -2.13. The van der Waals surface area contributed by atoms with Crippen LogP contribution in [0.4, 0.5) is 0 Å². The van der Waals surface area contributed by atoms with Crippen LogP contribution in [0.25, 0.3) is 11.3 Å². The van der Waals surface area contributed by atoms with Crippen LogP contribution in [0.1, 0.15) is 40.7 Å². The Morgan fingerprint density at radius 2 is 2.20 bits per heavy atom. The number of aromatic nitrogens is 1. The Kier molecular flexibility index (Phi) is 3.38. The Hall–Kier alpha value is -1.27. The SMILES string of the molecule is Cc1nc2c(o1)-c1c(SC(C)C)sc(C(N)=O)c1CC2. The minimum atomic E-state index is -0.346. The maximum atomic E-state index is 11.7. The number of rotatable bonds is 3. The van der Waals surface area contributed by atoms with E-state index in [-0.39, 0.29) is 5.91 Å². The Balaban J connectivity index is 2.22. The first-order chi connectivity index (χ1) is 9.47. The second-order valence-electron chi connectivity index (χ2n) is 5.11. The van der Waals surface area contributed by atoms with Crippen LogP contribution in [0.2, 0.25) is 0 Å². The van der Waals surface area contributed by atoms with Gasteiger partial charge in [0.1, 0.15) is 0 Å². The van der Waals surface area contributed by atoms with E-state index in [1.165, 1.54) is 11.3 Å². The summed E-state index contributed by atoms with van der Waals surface area (Å²) in [6, 6.07) is 0. The van der Waals surface area contributed by atoms with Crippen LogP contribution in [0, 0.1) is 6.92 Å². The largest absolute Gasteiger partial charge is 0.441 e. The minimum Gasteiger partial charge on any atom is -0.441 e. The number of hydrogen-bond acceptors (Lipinski definition) is 5. The summed E-state index contributed by atoms with van der Waals surface area (Å²) in [7, 11) is 0. The van der Waals surface area contributed by atoms with Crippen LogP contribution >= 0.6 is 23.1 Å². The van der Waals surface area contributed by atoms with Crippen LogP contribution in [0.3, 0.4) is 0 Å². The lowest BCUT2D eigenvalue weighted by Gasteiger charge is -2.12. The van der Waals surface area contributed by atoms with Crippen molar-refractivity contribution >= 4 is 29.0 Å². The standard InChI is InChI=1S/C14H16N2O2S2/c1-6(2)19-14-10-8(12(20-14)13(15)17)4-5-9-11(10)18-7(3)16-9/h6H,4-5H2,1-3H3,(H2,15,17). The van der Waals surface area contributed by atoms with Gasteiger partial charge in [-0.05, 0) is 18.4 Å².